The van der Waals surface area contributed by atoms with Crippen molar-refractivity contribution in [3.63, 3.8) is 0 Å². The van der Waals surface area contributed by atoms with Crippen molar-refractivity contribution in [2.45, 2.75) is 39.0 Å². The summed E-state index contributed by atoms with van der Waals surface area (Å²) < 4.78 is 5.24. The van der Waals surface area contributed by atoms with Crippen molar-refractivity contribution >= 4 is 57.5 Å². The maximum absolute atomic E-state index is 12.5. The zero-order chi connectivity index (χ0) is 20.1. The van der Waals surface area contributed by atoms with E-state index in [9.17, 15) is 9.59 Å². The molecule has 4 nitrogen and oxygen atoms in total. The number of ether oxygens (including phenoxy) is 1. The molecule has 1 aromatic heterocycles. The molecule has 0 radical (unpaired) electrons. The van der Waals surface area contributed by atoms with E-state index in [1.807, 2.05) is 0 Å². The Morgan fingerprint density at radius 3 is 2.71 bits per heavy atom. The van der Waals surface area contributed by atoms with Gasteiger partial charge in [-0.25, -0.2) is 4.79 Å². The number of carbonyl (C=O) groups is 2. The van der Waals surface area contributed by atoms with Gasteiger partial charge in [-0.15, -0.1) is 11.3 Å². The van der Waals surface area contributed by atoms with E-state index in [-0.39, 0.29) is 11.9 Å². The van der Waals surface area contributed by atoms with Gasteiger partial charge in [-0.1, -0.05) is 35.7 Å². The van der Waals surface area contributed by atoms with Crippen molar-refractivity contribution in [1.29, 1.82) is 0 Å². The van der Waals surface area contributed by atoms with E-state index in [1.54, 1.807) is 31.2 Å². The fourth-order valence-electron chi connectivity index (χ4n) is 3.19. The lowest BCUT2D eigenvalue weighted by Gasteiger charge is -2.07. The lowest BCUT2D eigenvalue weighted by molar-refractivity contribution is -0.111. The number of hydrogen-bond donors (Lipinski definition) is 1. The number of amides is 1. The quantitative estimate of drug-likeness (QED) is 0.346. The van der Waals surface area contributed by atoms with E-state index in [4.69, 9.17) is 27.9 Å². The van der Waals surface area contributed by atoms with Crippen LogP contribution >= 0.6 is 34.5 Å². The third kappa shape index (κ3) is 4.96. The Hall–Kier alpha value is -1.82. The highest BCUT2D eigenvalue weighted by atomic mass is 35.5. The summed E-state index contributed by atoms with van der Waals surface area (Å²) in [6.45, 7) is 2.08. The van der Waals surface area contributed by atoms with Crippen LogP contribution in [0.1, 0.15) is 52.5 Å². The summed E-state index contributed by atoms with van der Waals surface area (Å²) in [7, 11) is 0. The molecule has 0 atom stereocenters. The molecule has 7 heteroatoms. The van der Waals surface area contributed by atoms with E-state index < -0.39 is 0 Å². The van der Waals surface area contributed by atoms with Gasteiger partial charge >= 0.3 is 5.97 Å². The molecule has 0 bridgehead atoms. The monoisotopic (exact) mass is 437 g/mol. The van der Waals surface area contributed by atoms with Crippen LogP contribution in [-0.2, 0) is 22.4 Å². The van der Waals surface area contributed by atoms with E-state index in [0.29, 0.717) is 27.2 Å². The summed E-state index contributed by atoms with van der Waals surface area (Å²) in [6.07, 6.45) is 8.13. The lowest BCUT2D eigenvalue weighted by Crippen LogP contribution is -2.13. The molecule has 0 aliphatic heterocycles. The number of nitrogens with one attached hydrogen (secondary N) is 1. The molecular formula is C21H21Cl2NO3S. The molecule has 1 aromatic carbocycles. The number of anilines is 1. The number of carbonyl (C=O) groups excluding carboxylic acids is 2. The highest BCUT2D eigenvalue weighted by Crippen LogP contribution is 2.38. The Kier molecular flexibility index (Phi) is 7.16. The van der Waals surface area contributed by atoms with Gasteiger partial charge in [-0.2, -0.15) is 0 Å². The zero-order valence-corrected chi connectivity index (χ0v) is 17.8. The van der Waals surface area contributed by atoms with Crippen LogP contribution in [0.2, 0.25) is 10.0 Å². The molecule has 1 aliphatic rings. The van der Waals surface area contributed by atoms with Crippen LogP contribution in [0.5, 0.6) is 0 Å². The van der Waals surface area contributed by atoms with E-state index in [0.717, 1.165) is 43.2 Å². The Morgan fingerprint density at radius 1 is 1.18 bits per heavy atom. The number of fused-ring (bicyclic) bond motifs is 1. The molecule has 1 amide bonds. The van der Waals surface area contributed by atoms with Crippen LogP contribution in [0.3, 0.4) is 0 Å². The molecule has 2 aromatic rings. The maximum atomic E-state index is 12.5. The highest BCUT2D eigenvalue weighted by molar-refractivity contribution is 7.17. The predicted molar refractivity (Wildman–Crippen MR) is 116 cm³/mol. The first-order chi connectivity index (χ1) is 13.5. The Labute approximate surface area is 178 Å². The number of esters is 1. The average molecular weight is 438 g/mol. The highest BCUT2D eigenvalue weighted by Gasteiger charge is 2.26. The fraction of sp³-hybridized carbons (Fsp3) is 0.333. The van der Waals surface area contributed by atoms with Crippen molar-refractivity contribution in [1.82, 2.24) is 0 Å². The molecule has 1 heterocycles. The SMILES string of the molecule is CCOC(=O)c1c(NC(=O)/C=C/c2ccc(Cl)c(Cl)c2)sc2c1CCCCC2. The third-order valence-electron chi connectivity index (χ3n) is 4.51. The molecule has 0 saturated heterocycles. The summed E-state index contributed by atoms with van der Waals surface area (Å²) in [5.74, 6) is -0.682. The van der Waals surface area contributed by atoms with Crippen LogP contribution in [0, 0.1) is 0 Å². The second kappa shape index (κ2) is 9.59. The number of aryl methyl sites for hydroxylation is 1. The summed E-state index contributed by atoms with van der Waals surface area (Å²) in [6, 6.07) is 5.14. The molecule has 0 unspecified atom stereocenters. The summed E-state index contributed by atoms with van der Waals surface area (Å²) in [5, 5.41) is 4.31. The van der Waals surface area contributed by atoms with Gasteiger partial charge in [0, 0.05) is 11.0 Å². The van der Waals surface area contributed by atoms with Gasteiger partial charge in [0.1, 0.15) is 5.00 Å². The van der Waals surface area contributed by atoms with Crippen LogP contribution in [0.4, 0.5) is 5.00 Å². The van der Waals surface area contributed by atoms with Gasteiger partial charge < -0.3 is 10.1 Å². The molecule has 148 valence electrons. The summed E-state index contributed by atoms with van der Waals surface area (Å²) in [4.78, 5) is 26.1. The Balaban J connectivity index is 1.82. The first-order valence-electron chi connectivity index (χ1n) is 9.25. The Bertz CT molecular complexity index is 921. The van der Waals surface area contributed by atoms with E-state index in [1.165, 1.54) is 22.3 Å². The standard InChI is InChI=1S/C21H21Cl2NO3S/c1-2-27-21(26)19-14-6-4-3-5-7-17(14)28-20(19)24-18(25)11-9-13-8-10-15(22)16(23)12-13/h8-12H,2-7H2,1H3,(H,24,25)/b11-9+. The topological polar surface area (TPSA) is 55.4 Å². The van der Waals surface area contributed by atoms with Crippen molar-refractivity contribution in [3.8, 4) is 0 Å². The van der Waals surface area contributed by atoms with Gasteiger partial charge in [0.2, 0.25) is 5.91 Å². The average Bonchev–Trinajstić information content (AvgIpc) is 2.83. The van der Waals surface area contributed by atoms with Gasteiger partial charge in [0.25, 0.3) is 0 Å². The van der Waals surface area contributed by atoms with Crippen molar-refractivity contribution in [3.05, 3.63) is 55.9 Å². The minimum absolute atomic E-state index is 0.300. The second-order valence-corrected chi connectivity index (χ2v) is 8.40. The molecular weight excluding hydrogens is 417 g/mol. The minimum atomic E-state index is -0.370. The first kappa shape index (κ1) is 20.9. The smallest absolute Gasteiger partial charge is 0.341 e. The summed E-state index contributed by atoms with van der Waals surface area (Å²) in [5.41, 5.74) is 2.31. The first-order valence-corrected chi connectivity index (χ1v) is 10.8. The number of thiophene rings is 1. The van der Waals surface area contributed by atoms with Crippen molar-refractivity contribution in [2.75, 3.05) is 11.9 Å². The van der Waals surface area contributed by atoms with Crippen LogP contribution in [0.15, 0.2) is 24.3 Å². The van der Waals surface area contributed by atoms with Gasteiger partial charge in [-0.3, -0.25) is 4.79 Å². The number of rotatable bonds is 5. The fourth-order valence-corrected chi connectivity index (χ4v) is 4.78. The molecule has 1 aliphatic carbocycles. The maximum Gasteiger partial charge on any atom is 0.341 e. The third-order valence-corrected chi connectivity index (χ3v) is 6.45. The van der Waals surface area contributed by atoms with Gasteiger partial charge in [-0.05, 0) is 61.9 Å². The van der Waals surface area contributed by atoms with Crippen molar-refractivity contribution in [2.24, 2.45) is 0 Å². The minimum Gasteiger partial charge on any atom is -0.462 e. The zero-order valence-electron chi connectivity index (χ0n) is 15.5. The van der Waals surface area contributed by atoms with E-state index >= 15 is 0 Å². The largest absolute Gasteiger partial charge is 0.462 e. The van der Waals surface area contributed by atoms with E-state index in [2.05, 4.69) is 5.32 Å². The van der Waals surface area contributed by atoms with Crippen LogP contribution in [-0.4, -0.2) is 18.5 Å². The molecule has 0 fully saturated rings. The molecule has 3 rings (SSSR count). The normalized spacial score (nSPS) is 13.8. The Morgan fingerprint density at radius 2 is 1.96 bits per heavy atom. The lowest BCUT2D eigenvalue weighted by atomic mass is 10.1. The number of halogens is 2. The number of benzene rings is 1. The molecule has 28 heavy (non-hydrogen) atoms. The van der Waals surface area contributed by atoms with Crippen molar-refractivity contribution < 1.29 is 14.3 Å². The second-order valence-electron chi connectivity index (χ2n) is 6.49. The van der Waals surface area contributed by atoms with Crippen LogP contribution < -0.4 is 5.32 Å². The number of hydrogen-bond acceptors (Lipinski definition) is 4. The van der Waals surface area contributed by atoms with Gasteiger partial charge in [0.05, 0.1) is 22.2 Å². The van der Waals surface area contributed by atoms with Gasteiger partial charge in [0.15, 0.2) is 0 Å². The van der Waals surface area contributed by atoms with Crippen LogP contribution in [0.25, 0.3) is 6.08 Å². The predicted octanol–water partition coefficient (Wildman–Crippen LogP) is 6.15. The summed E-state index contributed by atoms with van der Waals surface area (Å²) >= 11 is 13.4. The molecule has 0 spiro atoms. The molecule has 1 N–H and O–H groups in total. The molecule has 0 saturated carbocycles.